The van der Waals surface area contributed by atoms with Crippen LogP contribution in [0.3, 0.4) is 0 Å². The van der Waals surface area contributed by atoms with Crippen molar-refractivity contribution >= 4 is 44.7 Å². The fourth-order valence-corrected chi connectivity index (χ4v) is 10.3. The maximum Gasteiger partial charge on any atom is 0.408 e. The van der Waals surface area contributed by atoms with Crippen molar-refractivity contribution in [2.75, 3.05) is 19.7 Å². The third-order valence-corrected chi connectivity index (χ3v) is 15.9. The first-order chi connectivity index (χ1) is 29.4. The highest BCUT2D eigenvalue weighted by Gasteiger charge is 2.63. The summed E-state index contributed by atoms with van der Waals surface area (Å²) in [5.41, 5.74) is 0.189. The Bertz CT molecular complexity index is 2220. The van der Waals surface area contributed by atoms with Crippen molar-refractivity contribution in [3.63, 3.8) is 0 Å². The Balaban J connectivity index is 1.13. The average Bonchev–Trinajstić information content (AvgIpc) is 4.04. The van der Waals surface area contributed by atoms with Gasteiger partial charge in [0, 0.05) is 23.8 Å². The van der Waals surface area contributed by atoms with Gasteiger partial charge in [-0.2, -0.15) is 0 Å². The van der Waals surface area contributed by atoms with Crippen LogP contribution >= 0.6 is 0 Å². The van der Waals surface area contributed by atoms with Crippen LogP contribution in [0, 0.1) is 24.2 Å². The van der Waals surface area contributed by atoms with Crippen molar-refractivity contribution in [3.8, 4) is 11.6 Å². The largest absolute Gasteiger partial charge is 0.492 e. The van der Waals surface area contributed by atoms with E-state index in [4.69, 9.17) is 19.2 Å². The minimum Gasteiger partial charge on any atom is -0.492 e. The summed E-state index contributed by atoms with van der Waals surface area (Å²) in [7, 11) is -4.01. The molecule has 15 nitrogen and oxygen atoms in total. The molecule has 3 heterocycles. The highest BCUT2D eigenvalue weighted by Crippen LogP contribution is 2.47. The van der Waals surface area contributed by atoms with E-state index in [2.05, 4.69) is 27.3 Å². The SMILES string of the molecule is C=C[C@@H]1C[C@]1(NC(=O)[C@@H]1C[C@@H]2CN1C(=O)[C@H](C(C)(C)C)NC(=O)O[C@@H]1C[C@H]1CCCCCc1c(nc3cc(C)ccc3c1OCCCNC1CC1)O2)C(=O)NS(=O)(=O)C1(C)CC1. The molecule has 2 aromatic rings. The van der Waals surface area contributed by atoms with Gasteiger partial charge in [-0.15, -0.1) is 6.58 Å². The summed E-state index contributed by atoms with van der Waals surface area (Å²) in [5.74, 6) is -1.17. The summed E-state index contributed by atoms with van der Waals surface area (Å²) in [5, 5.41) is 10.2. The van der Waals surface area contributed by atoms with Gasteiger partial charge in [0.2, 0.25) is 27.7 Å². The highest BCUT2D eigenvalue weighted by molar-refractivity contribution is 7.91. The van der Waals surface area contributed by atoms with Crippen molar-refractivity contribution in [2.45, 2.75) is 159 Å². The quantitative estimate of drug-likeness (QED) is 0.163. The molecule has 7 atom stereocenters. The number of hydrogen-bond donors (Lipinski definition) is 4. The van der Waals surface area contributed by atoms with Crippen LogP contribution in [0.5, 0.6) is 11.6 Å². The number of benzene rings is 1. The molecule has 4 aliphatic carbocycles. The maximum atomic E-state index is 14.9. The summed E-state index contributed by atoms with van der Waals surface area (Å²) in [4.78, 5) is 63.2. The van der Waals surface area contributed by atoms with E-state index in [1.54, 1.807) is 6.92 Å². The number of pyridine rings is 1. The lowest BCUT2D eigenvalue weighted by molar-refractivity contribution is -0.142. The monoisotopic (exact) mass is 876 g/mol. The van der Waals surface area contributed by atoms with E-state index in [1.165, 1.54) is 23.8 Å². The molecule has 338 valence electrons. The topological polar surface area (TPSA) is 194 Å². The number of nitrogens with one attached hydrogen (secondary N) is 4. The Hall–Kier alpha value is -4.44. The van der Waals surface area contributed by atoms with Crippen LogP contribution in [0.15, 0.2) is 30.9 Å². The van der Waals surface area contributed by atoms with E-state index >= 15 is 0 Å². The first kappa shape index (κ1) is 44.2. The molecule has 8 rings (SSSR count). The van der Waals surface area contributed by atoms with E-state index in [0.717, 1.165) is 67.3 Å². The van der Waals surface area contributed by atoms with Gasteiger partial charge in [0.15, 0.2) is 0 Å². The molecule has 1 aromatic heterocycles. The van der Waals surface area contributed by atoms with Crippen molar-refractivity contribution in [1.82, 2.24) is 30.6 Å². The highest BCUT2D eigenvalue weighted by atomic mass is 32.2. The van der Waals surface area contributed by atoms with Gasteiger partial charge in [-0.05, 0) is 114 Å². The number of hydrogen-bond acceptors (Lipinski definition) is 11. The fourth-order valence-electron chi connectivity index (χ4n) is 8.99. The minimum absolute atomic E-state index is 0.0300. The first-order valence-electron chi connectivity index (χ1n) is 22.7. The Morgan fingerprint density at radius 3 is 2.56 bits per heavy atom. The molecule has 4 N–H and O–H groups in total. The van der Waals surface area contributed by atoms with E-state index in [9.17, 15) is 27.6 Å². The lowest BCUT2D eigenvalue weighted by atomic mass is 9.85. The number of sulfonamides is 1. The minimum atomic E-state index is -4.01. The van der Waals surface area contributed by atoms with Crippen LogP contribution in [-0.2, 0) is 35.6 Å². The molecule has 4 amide bonds. The molecule has 5 fully saturated rings. The molecular weight excluding hydrogens is 813 g/mol. The standard InChI is InChI=1S/C46H64N6O9S/c1-7-29-25-46(29,42(55)51-62(57,58)45(6)18-19-45)50-39(53)35-24-31-26-52(35)41(54)38(44(3,4)5)49-43(56)61-36-23-28(36)12-9-8-10-13-33-37(59-21-11-20-47-30-15-16-30)32-17-14-27(2)22-34(32)48-40(33)60-31/h7,14,17,22,28-31,35-36,38,47H,1,8-13,15-16,18-21,23-26H2,2-6H3,(H,49,56)(H,50,53)(H,51,55)/t28-,29-,31-,35+,36-,38-,46-/m1/s1. The van der Waals surface area contributed by atoms with Gasteiger partial charge in [0.05, 0.1) is 29.0 Å². The Morgan fingerprint density at radius 2 is 1.87 bits per heavy atom. The number of amides is 4. The van der Waals surface area contributed by atoms with Gasteiger partial charge in [-0.1, -0.05) is 45.8 Å². The lowest BCUT2D eigenvalue weighted by Gasteiger charge is -2.35. The van der Waals surface area contributed by atoms with E-state index in [1.807, 2.05) is 45.9 Å². The third kappa shape index (κ3) is 9.41. The number of aromatic nitrogens is 1. The number of carbonyl (C=O) groups excluding carboxylic acids is 4. The van der Waals surface area contributed by atoms with Gasteiger partial charge in [-0.3, -0.25) is 19.1 Å². The van der Waals surface area contributed by atoms with Crippen molar-refractivity contribution in [1.29, 1.82) is 0 Å². The Morgan fingerprint density at radius 1 is 1.10 bits per heavy atom. The van der Waals surface area contributed by atoms with Crippen LogP contribution in [0.4, 0.5) is 4.79 Å². The average molecular weight is 877 g/mol. The molecule has 62 heavy (non-hydrogen) atoms. The number of ether oxygens (including phenoxy) is 3. The molecule has 0 unspecified atom stereocenters. The smallest absolute Gasteiger partial charge is 0.408 e. The predicted octanol–water partition coefficient (Wildman–Crippen LogP) is 5.12. The normalized spacial score (nSPS) is 29.7. The second-order valence-corrected chi connectivity index (χ2v) is 22.2. The third-order valence-electron chi connectivity index (χ3n) is 13.7. The fraction of sp³-hybridized carbons (Fsp3) is 0.674. The summed E-state index contributed by atoms with van der Waals surface area (Å²) in [6.07, 6.45) is 9.20. The van der Waals surface area contributed by atoms with Crippen LogP contribution in [0.1, 0.15) is 116 Å². The molecule has 1 aromatic carbocycles. The van der Waals surface area contributed by atoms with Crippen LogP contribution in [-0.4, -0.2) is 102 Å². The molecule has 1 saturated heterocycles. The van der Waals surface area contributed by atoms with E-state index < -0.39 is 73.6 Å². The maximum absolute atomic E-state index is 14.9. The summed E-state index contributed by atoms with van der Waals surface area (Å²) in [6.45, 7) is 14.2. The molecular formula is C46H64N6O9S. The van der Waals surface area contributed by atoms with E-state index in [0.29, 0.717) is 43.3 Å². The van der Waals surface area contributed by atoms with Gasteiger partial charge in [-0.25, -0.2) is 18.2 Å². The van der Waals surface area contributed by atoms with Crippen molar-refractivity contribution in [2.24, 2.45) is 17.3 Å². The number of rotatable bonds is 12. The predicted molar refractivity (Wildman–Crippen MR) is 233 cm³/mol. The van der Waals surface area contributed by atoms with Crippen LogP contribution in [0.2, 0.25) is 0 Å². The molecule has 2 bridgehead atoms. The van der Waals surface area contributed by atoms with Gasteiger partial charge in [0.25, 0.3) is 5.91 Å². The lowest BCUT2D eigenvalue weighted by Crippen LogP contribution is -2.60. The zero-order valence-corrected chi connectivity index (χ0v) is 37.7. The van der Waals surface area contributed by atoms with Crippen LogP contribution < -0.4 is 30.1 Å². The molecule has 2 aliphatic heterocycles. The Labute approximate surface area is 365 Å². The second-order valence-electron chi connectivity index (χ2n) is 20.0. The summed E-state index contributed by atoms with van der Waals surface area (Å²) in [6, 6.07) is 4.45. The van der Waals surface area contributed by atoms with Gasteiger partial charge < -0.3 is 35.1 Å². The van der Waals surface area contributed by atoms with Crippen LogP contribution in [0.25, 0.3) is 10.9 Å². The molecule has 6 aliphatic rings. The van der Waals surface area contributed by atoms with Gasteiger partial charge >= 0.3 is 6.09 Å². The number of alkyl carbamates (subject to hydrolysis) is 1. The molecule has 0 spiro atoms. The number of aryl methyl sites for hydroxylation is 1. The molecule has 16 heteroatoms. The second kappa shape index (κ2) is 16.9. The number of nitrogens with zero attached hydrogens (tertiary/aromatic N) is 2. The zero-order chi connectivity index (χ0) is 44.2. The number of fused-ring (bicyclic) bond motifs is 5. The van der Waals surface area contributed by atoms with Crippen molar-refractivity contribution < 1.29 is 41.8 Å². The number of carbonyl (C=O) groups is 4. The summed E-state index contributed by atoms with van der Waals surface area (Å²) >= 11 is 0. The van der Waals surface area contributed by atoms with Crippen molar-refractivity contribution in [3.05, 3.63) is 42.0 Å². The summed E-state index contributed by atoms with van der Waals surface area (Å²) < 4.78 is 46.9. The van der Waals surface area contributed by atoms with Gasteiger partial charge in [0.1, 0.15) is 35.6 Å². The zero-order valence-electron chi connectivity index (χ0n) is 36.8. The van der Waals surface area contributed by atoms with E-state index in [-0.39, 0.29) is 31.4 Å². The Kier molecular flexibility index (Phi) is 12.1. The first-order valence-corrected chi connectivity index (χ1v) is 24.1. The molecule has 4 saturated carbocycles. The molecule has 0 radical (unpaired) electrons.